The van der Waals surface area contributed by atoms with Gasteiger partial charge in [0.1, 0.15) is 0 Å². The van der Waals surface area contributed by atoms with E-state index in [9.17, 15) is 4.79 Å². The number of carbonyl (C=O) groups excluding carboxylic acids is 1. The summed E-state index contributed by atoms with van der Waals surface area (Å²) in [6.45, 7) is 1.26. The minimum absolute atomic E-state index is 0.0595. The van der Waals surface area contributed by atoms with E-state index in [0.29, 0.717) is 16.7 Å². The van der Waals surface area contributed by atoms with E-state index in [1.165, 1.54) is 24.2 Å². The number of thiazole rings is 1. The summed E-state index contributed by atoms with van der Waals surface area (Å²) in [7, 11) is 0. The summed E-state index contributed by atoms with van der Waals surface area (Å²) in [4.78, 5) is 16.2. The van der Waals surface area contributed by atoms with E-state index in [2.05, 4.69) is 15.6 Å². The molecule has 1 heterocycles. The Hall–Kier alpha value is -1.43. The van der Waals surface area contributed by atoms with Crippen LogP contribution in [0.5, 0.6) is 0 Å². The maximum atomic E-state index is 11.8. The summed E-state index contributed by atoms with van der Waals surface area (Å²) in [5.41, 5.74) is 1.66. The Labute approximate surface area is 132 Å². The molecular weight excluding hydrogens is 306 g/mol. The molecular formula is C15H16ClN3OS. The predicted octanol–water partition coefficient (Wildman–Crippen LogP) is 3.40. The van der Waals surface area contributed by atoms with Gasteiger partial charge in [-0.3, -0.25) is 4.79 Å². The lowest BCUT2D eigenvalue weighted by atomic mass is 10.2. The third-order valence-electron chi connectivity index (χ3n) is 3.32. The topological polar surface area (TPSA) is 54.0 Å². The summed E-state index contributed by atoms with van der Waals surface area (Å²) in [6.07, 6.45) is 2.56. The molecule has 1 saturated carbocycles. The quantitative estimate of drug-likeness (QED) is 0.857. The standard InChI is InChI=1S/C15H16ClN3OS/c16-12-4-2-1-3-11(12)13-9-21-15(18-13)19-14(20)8-17-7-10-5-6-10/h1-4,9-10,17H,5-8H2,(H,18,19,20). The van der Waals surface area contributed by atoms with Crippen molar-refractivity contribution in [3.05, 3.63) is 34.7 Å². The molecule has 0 radical (unpaired) electrons. The number of amides is 1. The average molecular weight is 322 g/mol. The highest BCUT2D eigenvalue weighted by Crippen LogP contribution is 2.30. The molecule has 0 spiro atoms. The van der Waals surface area contributed by atoms with E-state index >= 15 is 0 Å². The maximum Gasteiger partial charge on any atom is 0.240 e. The molecule has 6 heteroatoms. The van der Waals surface area contributed by atoms with Gasteiger partial charge in [0.2, 0.25) is 5.91 Å². The summed E-state index contributed by atoms with van der Waals surface area (Å²) < 4.78 is 0. The number of rotatable bonds is 6. The van der Waals surface area contributed by atoms with Gasteiger partial charge in [-0.1, -0.05) is 29.8 Å². The van der Waals surface area contributed by atoms with Crippen LogP contribution in [-0.4, -0.2) is 24.0 Å². The molecule has 1 aromatic heterocycles. The van der Waals surface area contributed by atoms with Crippen LogP contribution >= 0.6 is 22.9 Å². The van der Waals surface area contributed by atoms with Crippen LogP contribution in [0.3, 0.4) is 0 Å². The largest absolute Gasteiger partial charge is 0.308 e. The first kappa shape index (κ1) is 14.5. The van der Waals surface area contributed by atoms with Gasteiger partial charge in [-0.25, -0.2) is 4.98 Å². The van der Waals surface area contributed by atoms with Gasteiger partial charge < -0.3 is 10.6 Å². The lowest BCUT2D eigenvalue weighted by Crippen LogP contribution is -2.29. The Kier molecular flexibility index (Phi) is 4.53. The fourth-order valence-electron chi connectivity index (χ4n) is 2.00. The fourth-order valence-corrected chi connectivity index (χ4v) is 2.96. The molecule has 1 aromatic carbocycles. The Bertz CT molecular complexity index is 639. The second-order valence-corrected chi connectivity index (χ2v) is 6.41. The molecule has 2 aromatic rings. The molecule has 21 heavy (non-hydrogen) atoms. The molecule has 0 aliphatic heterocycles. The minimum atomic E-state index is -0.0595. The van der Waals surface area contributed by atoms with Crippen molar-refractivity contribution in [1.29, 1.82) is 0 Å². The van der Waals surface area contributed by atoms with Crippen molar-refractivity contribution < 1.29 is 4.79 Å². The third-order valence-corrected chi connectivity index (χ3v) is 4.40. The van der Waals surface area contributed by atoms with Gasteiger partial charge in [-0.2, -0.15) is 0 Å². The zero-order valence-corrected chi connectivity index (χ0v) is 13.0. The Morgan fingerprint density at radius 1 is 1.38 bits per heavy atom. The van der Waals surface area contributed by atoms with E-state index in [0.717, 1.165) is 23.7 Å². The van der Waals surface area contributed by atoms with Crippen LogP contribution in [0.25, 0.3) is 11.3 Å². The Morgan fingerprint density at radius 2 is 2.19 bits per heavy atom. The molecule has 3 rings (SSSR count). The van der Waals surface area contributed by atoms with Gasteiger partial charge in [-0.05, 0) is 31.4 Å². The third kappa shape index (κ3) is 4.03. The smallest absolute Gasteiger partial charge is 0.240 e. The van der Waals surface area contributed by atoms with Crippen molar-refractivity contribution in [2.24, 2.45) is 5.92 Å². The number of hydrogen-bond donors (Lipinski definition) is 2. The molecule has 4 nitrogen and oxygen atoms in total. The number of nitrogens with one attached hydrogen (secondary N) is 2. The monoisotopic (exact) mass is 321 g/mol. The number of nitrogens with zero attached hydrogens (tertiary/aromatic N) is 1. The first-order chi connectivity index (χ1) is 10.2. The maximum absolute atomic E-state index is 11.8. The summed E-state index contributed by atoms with van der Waals surface area (Å²) in [5.74, 6) is 0.709. The van der Waals surface area contributed by atoms with Crippen LogP contribution in [0.4, 0.5) is 5.13 Å². The zero-order chi connectivity index (χ0) is 14.7. The van der Waals surface area contributed by atoms with Crippen LogP contribution in [0.15, 0.2) is 29.6 Å². The molecule has 0 saturated heterocycles. The number of halogens is 1. The molecule has 0 atom stereocenters. The predicted molar refractivity (Wildman–Crippen MR) is 86.8 cm³/mol. The molecule has 1 aliphatic carbocycles. The molecule has 0 unspecified atom stereocenters. The molecule has 0 bridgehead atoms. The lowest BCUT2D eigenvalue weighted by Gasteiger charge is -2.03. The zero-order valence-electron chi connectivity index (χ0n) is 11.4. The van der Waals surface area contributed by atoms with Crippen LogP contribution in [0.1, 0.15) is 12.8 Å². The Balaban J connectivity index is 1.57. The van der Waals surface area contributed by atoms with Crippen LogP contribution < -0.4 is 10.6 Å². The highest BCUT2D eigenvalue weighted by atomic mass is 35.5. The first-order valence-corrected chi connectivity index (χ1v) is 8.19. The number of aromatic nitrogens is 1. The van der Waals surface area contributed by atoms with E-state index in [1.807, 2.05) is 29.6 Å². The van der Waals surface area contributed by atoms with Crippen LogP contribution in [0, 0.1) is 5.92 Å². The van der Waals surface area contributed by atoms with Crippen molar-refractivity contribution in [2.45, 2.75) is 12.8 Å². The highest BCUT2D eigenvalue weighted by Gasteiger charge is 2.20. The molecule has 1 fully saturated rings. The lowest BCUT2D eigenvalue weighted by molar-refractivity contribution is -0.115. The van der Waals surface area contributed by atoms with Gasteiger partial charge in [0.25, 0.3) is 0 Å². The van der Waals surface area contributed by atoms with E-state index in [4.69, 9.17) is 11.6 Å². The van der Waals surface area contributed by atoms with Crippen LogP contribution in [0.2, 0.25) is 5.02 Å². The average Bonchev–Trinajstić information content (AvgIpc) is 3.18. The summed E-state index contributed by atoms with van der Waals surface area (Å²) in [5, 5.41) is 9.12. The summed E-state index contributed by atoms with van der Waals surface area (Å²) >= 11 is 7.55. The summed E-state index contributed by atoms with van der Waals surface area (Å²) in [6, 6.07) is 7.55. The van der Waals surface area contributed by atoms with Crippen molar-refractivity contribution in [3.63, 3.8) is 0 Å². The van der Waals surface area contributed by atoms with Gasteiger partial charge in [0.05, 0.1) is 12.2 Å². The molecule has 2 N–H and O–H groups in total. The second kappa shape index (κ2) is 6.56. The molecule has 110 valence electrons. The van der Waals surface area contributed by atoms with Gasteiger partial charge in [0, 0.05) is 16.0 Å². The number of benzene rings is 1. The Morgan fingerprint density at radius 3 is 2.95 bits per heavy atom. The van der Waals surface area contributed by atoms with E-state index in [1.54, 1.807) is 0 Å². The number of anilines is 1. The number of hydrogen-bond acceptors (Lipinski definition) is 4. The molecule has 1 aliphatic rings. The van der Waals surface area contributed by atoms with Gasteiger partial charge >= 0.3 is 0 Å². The fraction of sp³-hybridized carbons (Fsp3) is 0.333. The van der Waals surface area contributed by atoms with E-state index in [-0.39, 0.29) is 5.91 Å². The van der Waals surface area contributed by atoms with Crippen molar-refractivity contribution >= 4 is 34.0 Å². The first-order valence-electron chi connectivity index (χ1n) is 6.93. The van der Waals surface area contributed by atoms with E-state index < -0.39 is 0 Å². The van der Waals surface area contributed by atoms with Gasteiger partial charge in [-0.15, -0.1) is 11.3 Å². The highest BCUT2D eigenvalue weighted by molar-refractivity contribution is 7.14. The second-order valence-electron chi connectivity index (χ2n) is 5.14. The van der Waals surface area contributed by atoms with Gasteiger partial charge in [0.15, 0.2) is 5.13 Å². The normalized spacial score (nSPS) is 14.1. The SMILES string of the molecule is O=C(CNCC1CC1)Nc1nc(-c2ccccc2Cl)cs1. The van der Waals surface area contributed by atoms with Crippen molar-refractivity contribution in [1.82, 2.24) is 10.3 Å². The molecule has 1 amide bonds. The van der Waals surface area contributed by atoms with Crippen molar-refractivity contribution in [2.75, 3.05) is 18.4 Å². The van der Waals surface area contributed by atoms with Crippen LogP contribution in [-0.2, 0) is 4.79 Å². The number of carbonyl (C=O) groups is 1. The van der Waals surface area contributed by atoms with Crippen molar-refractivity contribution in [3.8, 4) is 11.3 Å². The minimum Gasteiger partial charge on any atom is -0.308 e.